The second-order valence-electron chi connectivity index (χ2n) is 8.57. The Morgan fingerprint density at radius 2 is 1.62 bits per heavy atom. The fourth-order valence-electron chi connectivity index (χ4n) is 4.33. The SMILES string of the molecule is CC(C)N1C(=O)N(c2c(F)cc(C#Cc3ccccc3)cc2F)C(=O)CC1(C)c1cccnc1. The number of hydrogen-bond donors (Lipinski definition) is 0. The quantitative estimate of drug-likeness (QED) is 0.503. The van der Waals surface area contributed by atoms with Crippen LogP contribution in [0.5, 0.6) is 0 Å². The number of amides is 3. The van der Waals surface area contributed by atoms with Gasteiger partial charge < -0.3 is 4.90 Å². The highest BCUT2D eigenvalue weighted by molar-refractivity contribution is 6.16. The number of urea groups is 1. The number of rotatable bonds is 3. The van der Waals surface area contributed by atoms with Gasteiger partial charge in [0.15, 0.2) is 11.6 Å². The van der Waals surface area contributed by atoms with Crippen molar-refractivity contribution in [1.82, 2.24) is 9.88 Å². The number of aromatic nitrogens is 1. The number of nitrogens with zero attached hydrogens (tertiary/aromatic N) is 3. The number of benzene rings is 2. The van der Waals surface area contributed by atoms with Crippen LogP contribution in [0, 0.1) is 23.5 Å². The molecule has 1 atom stereocenters. The molecule has 0 saturated carbocycles. The summed E-state index contributed by atoms with van der Waals surface area (Å²) in [6.45, 7) is 5.33. The molecule has 4 rings (SSSR count). The van der Waals surface area contributed by atoms with Gasteiger partial charge in [0, 0.05) is 29.6 Å². The van der Waals surface area contributed by atoms with Gasteiger partial charge in [-0.05, 0) is 56.7 Å². The molecule has 0 radical (unpaired) electrons. The molecule has 3 aromatic rings. The van der Waals surface area contributed by atoms with Crippen LogP contribution in [-0.4, -0.2) is 27.9 Å². The summed E-state index contributed by atoms with van der Waals surface area (Å²) in [5.74, 6) is 2.79. The maximum Gasteiger partial charge on any atom is 0.332 e. The maximum absolute atomic E-state index is 15.1. The van der Waals surface area contributed by atoms with Crippen LogP contribution < -0.4 is 4.90 Å². The number of pyridine rings is 1. The Morgan fingerprint density at radius 3 is 2.21 bits per heavy atom. The van der Waals surface area contributed by atoms with E-state index in [0.717, 1.165) is 12.1 Å². The predicted octanol–water partition coefficient (Wildman–Crippen LogP) is 5.24. The van der Waals surface area contributed by atoms with Crippen molar-refractivity contribution in [2.45, 2.75) is 38.8 Å². The van der Waals surface area contributed by atoms with Gasteiger partial charge in [0.2, 0.25) is 5.91 Å². The fraction of sp³-hybridized carbons (Fsp3) is 0.222. The van der Waals surface area contributed by atoms with Gasteiger partial charge in [0.05, 0.1) is 12.0 Å². The van der Waals surface area contributed by atoms with Crippen molar-refractivity contribution in [1.29, 1.82) is 0 Å². The van der Waals surface area contributed by atoms with Crippen LogP contribution in [0.3, 0.4) is 0 Å². The Hall–Kier alpha value is -4.05. The molecule has 7 heteroatoms. The third-order valence-corrected chi connectivity index (χ3v) is 5.84. The van der Waals surface area contributed by atoms with Gasteiger partial charge in [-0.15, -0.1) is 0 Å². The molecular formula is C27H23F2N3O2. The smallest absolute Gasteiger partial charge is 0.312 e. The second-order valence-corrected chi connectivity index (χ2v) is 8.57. The normalized spacial score (nSPS) is 18.2. The monoisotopic (exact) mass is 459 g/mol. The molecule has 2 aromatic carbocycles. The summed E-state index contributed by atoms with van der Waals surface area (Å²) in [5.41, 5.74) is -0.255. The Bertz CT molecular complexity index is 1280. The highest BCUT2D eigenvalue weighted by Gasteiger charge is 2.50. The lowest BCUT2D eigenvalue weighted by molar-refractivity contribution is -0.123. The van der Waals surface area contributed by atoms with Crippen LogP contribution in [0.1, 0.15) is 43.9 Å². The summed E-state index contributed by atoms with van der Waals surface area (Å²) in [6.07, 6.45) is 3.03. The van der Waals surface area contributed by atoms with Crippen LogP contribution in [0.4, 0.5) is 19.3 Å². The second kappa shape index (κ2) is 9.06. The third kappa shape index (κ3) is 4.15. The molecule has 0 bridgehead atoms. The van der Waals surface area contributed by atoms with Gasteiger partial charge in [-0.25, -0.2) is 18.5 Å². The highest BCUT2D eigenvalue weighted by atomic mass is 19.1. The topological polar surface area (TPSA) is 53.5 Å². The molecule has 3 amide bonds. The maximum atomic E-state index is 15.1. The van der Waals surface area contributed by atoms with Crippen molar-refractivity contribution in [2.24, 2.45) is 0 Å². The van der Waals surface area contributed by atoms with E-state index in [1.54, 1.807) is 57.4 Å². The predicted molar refractivity (Wildman–Crippen MR) is 125 cm³/mol. The summed E-state index contributed by atoms with van der Waals surface area (Å²) < 4.78 is 30.3. The van der Waals surface area contributed by atoms with E-state index in [0.29, 0.717) is 16.0 Å². The summed E-state index contributed by atoms with van der Waals surface area (Å²) in [4.78, 5) is 32.8. The number of imide groups is 1. The zero-order valence-corrected chi connectivity index (χ0v) is 19.0. The summed E-state index contributed by atoms with van der Waals surface area (Å²) in [7, 11) is 0. The van der Waals surface area contributed by atoms with E-state index in [1.807, 2.05) is 18.2 Å². The van der Waals surface area contributed by atoms with Crippen LogP contribution in [0.2, 0.25) is 0 Å². The molecule has 1 aliphatic heterocycles. The molecule has 1 unspecified atom stereocenters. The zero-order chi connectivity index (χ0) is 24.5. The highest BCUT2D eigenvalue weighted by Crippen LogP contribution is 2.41. The van der Waals surface area contributed by atoms with Gasteiger partial charge in [-0.1, -0.05) is 36.1 Å². The minimum Gasteiger partial charge on any atom is -0.312 e. The minimum atomic E-state index is -1.03. The van der Waals surface area contributed by atoms with Gasteiger partial charge in [0.1, 0.15) is 5.69 Å². The molecule has 5 nitrogen and oxygen atoms in total. The van der Waals surface area contributed by atoms with Gasteiger partial charge >= 0.3 is 6.03 Å². The Balaban J connectivity index is 1.73. The van der Waals surface area contributed by atoms with E-state index >= 15 is 8.78 Å². The molecule has 0 aliphatic carbocycles. The first kappa shape index (κ1) is 23.1. The Labute approximate surface area is 197 Å². The lowest BCUT2D eigenvalue weighted by Gasteiger charge is -2.49. The van der Waals surface area contributed by atoms with Gasteiger partial charge in [-0.3, -0.25) is 9.78 Å². The molecule has 0 N–H and O–H groups in total. The standard InChI is InChI=1S/C27H23F2N3O2/c1-18(2)32-26(34)31(24(33)16-27(32,3)21-10-7-13-30-17-21)25-22(28)14-20(15-23(25)29)12-11-19-8-5-4-6-9-19/h4-10,13-15,17-18H,16H2,1-3H3. The molecule has 2 heterocycles. The Kier molecular flexibility index (Phi) is 6.16. The molecule has 172 valence electrons. The van der Waals surface area contributed by atoms with E-state index < -0.39 is 34.8 Å². The van der Waals surface area contributed by atoms with Crippen molar-refractivity contribution in [2.75, 3.05) is 4.90 Å². The average molecular weight is 459 g/mol. The van der Waals surface area contributed by atoms with Crippen LogP contribution in [-0.2, 0) is 10.3 Å². The van der Waals surface area contributed by atoms with E-state index in [2.05, 4.69) is 16.8 Å². The van der Waals surface area contributed by atoms with Crippen molar-refractivity contribution in [3.8, 4) is 11.8 Å². The van der Waals surface area contributed by atoms with Gasteiger partial charge in [-0.2, -0.15) is 0 Å². The van der Waals surface area contributed by atoms with E-state index in [1.165, 1.54) is 4.90 Å². The van der Waals surface area contributed by atoms with Crippen LogP contribution in [0.15, 0.2) is 67.0 Å². The lowest BCUT2D eigenvalue weighted by Crippen LogP contribution is -2.63. The first-order valence-electron chi connectivity index (χ1n) is 10.9. The van der Waals surface area contributed by atoms with Crippen molar-refractivity contribution >= 4 is 17.6 Å². The van der Waals surface area contributed by atoms with Crippen molar-refractivity contribution in [3.63, 3.8) is 0 Å². The molecule has 1 aromatic heterocycles. The Morgan fingerprint density at radius 1 is 0.971 bits per heavy atom. The molecule has 1 fully saturated rings. The minimum absolute atomic E-state index is 0.0976. The fourth-order valence-corrected chi connectivity index (χ4v) is 4.33. The van der Waals surface area contributed by atoms with Crippen LogP contribution >= 0.6 is 0 Å². The van der Waals surface area contributed by atoms with Crippen molar-refractivity contribution < 1.29 is 18.4 Å². The zero-order valence-electron chi connectivity index (χ0n) is 19.0. The number of carbonyl (C=O) groups is 2. The lowest BCUT2D eigenvalue weighted by atomic mass is 9.84. The number of carbonyl (C=O) groups excluding carboxylic acids is 2. The number of halogens is 2. The largest absolute Gasteiger partial charge is 0.332 e. The summed E-state index contributed by atoms with van der Waals surface area (Å²) in [6, 6.07) is 13.4. The number of anilines is 1. The van der Waals surface area contributed by atoms with E-state index in [9.17, 15) is 9.59 Å². The molecule has 1 aliphatic rings. The summed E-state index contributed by atoms with van der Waals surface area (Å²) in [5, 5.41) is 0. The summed E-state index contributed by atoms with van der Waals surface area (Å²) >= 11 is 0. The van der Waals surface area contributed by atoms with E-state index in [4.69, 9.17) is 0 Å². The first-order chi connectivity index (χ1) is 16.2. The van der Waals surface area contributed by atoms with Crippen molar-refractivity contribution in [3.05, 3.63) is 95.3 Å². The molecule has 0 spiro atoms. The van der Waals surface area contributed by atoms with Gasteiger partial charge in [0.25, 0.3) is 0 Å². The third-order valence-electron chi connectivity index (χ3n) is 5.84. The van der Waals surface area contributed by atoms with Crippen LogP contribution in [0.25, 0.3) is 0 Å². The average Bonchev–Trinajstić information content (AvgIpc) is 2.80. The molecule has 34 heavy (non-hydrogen) atoms. The molecule has 1 saturated heterocycles. The van der Waals surface area contributed by atoms with E-state index in [-0.39, 0.29) is 18.0 Å². The number of hydrogen-bond acceptors (Lipinski definition) is 3. The molecular weight excluding hydrogens is 436 g/mol. The first-order valence-corrected chi connectivity index (χ1v) is 10.9.